The smallest absolute Gasteiger partial charge is 0.410 e. The Morgan fingerprint density at radius 2 is 1.85 bits per heavy atom. The van der Waals surface area contributed by atoms with Crippen molar-refractivity contribution in [2.45, 2.75) is 52.0 Å². The molecule has 33 heavy (non-hydrogen) atoms. The minimum Gasteiger partial charge on any atom is -0.465 e. The van der Waals surface area contributed by atoms with Crippen molar-refractivity contribution in [3.63, 3.8) is 0 Å². The van der Waals surface area contributed by atoms with Crippen molar-refractivity contribution in [2.24, 2.45) is 0 Å². The van der Waals surface area contributed by atoms with Gasteiger partial charge in [-0.1, -0.05) is 18.2 Å². The van der Waals surface area contributed by atoms with Crippen LogP contribution in [0.2, 0.25) is 0 Å². The number of benzene rings is 1. The topological polar surface area (TPSA) is 98.3 Å². The third kappa shape index (κ3) is 7.74. The van der Waals surface area contributed by atoms with Crippen molar-refractivity contribution in [2.75, 3.05) is 25.6 Å². The molecule has 0 fully saturated rings. The number of hydrogen-bond acceptors (Lipinski definition) is 9. The standard InChI is InChI=1S/C23H31N3O6S/c1-16(21(28)32-23(2,3)4)31-22(29)25(5)12-18-20(33-14-24-18)19(13-30-15-27)26(6)17-10-8-7-9-11-17/h7-11,14-16,19H,12-13H2,1-6H3. The summed E-state index contributed by atoms with van der Waals surface area (Å²) in [5.74, 6) is -0.617. The normalized spacial score (nSPS) is 12.9. The Hall–Kier alpha value is -3.14. The van der Waals surface area contributed by atoms with Crippen LogP contribution in [0.1, 0.15) is 44.3 Å². The first kappa shape index (κ1) is 26.1. The third-order valence-electron chi connectivity index (χ3n) is 4.64. The van der Waals surface area contributed by atoms with Gasteiger partial charge in [0.25, 0.3) is 6.47 Å². The van der Waals surface area contributed by atoms with Gasteiger partial charge in [0.2, 0.25) is 0 Å². The quantitative estimate of drug-likeness (QED) is 0.290. The number of carbonyl (C=O) groups excluding carboxylic acids is 3. The van der Waals surface area contributed by atoms with Crippen LogP contribution in [0.5, 0.6) is 0 Å². The van der Waals surface area contributed by atoms with Crippen molar-refractivity contribution in [1.29, 1.82) is 0 Å². The summed E-state index contributed by atoms with van der Waals surface area (Å²) < 4.78 is 15.6. The molecule has 0 saturated heterocycles. The molecule has 0 aliphatic rings. The van der Waals surface area contributed by atoms with Crippen LogP contribution in [0.3, 0.4) is 0 Å². The van der Waals surface area contributed by atoms with Crippen molar-refractivity contribution in [3.8, 4) is 0 Å². The lowest BCUT2D eigenvalue weighted by Crippen LogP contribution is -2.37. The zero-order valence-corrected chi connectivity index (χ0v) is 20.6. The zero-order valence-electron chi connectivity index (χ0n) is 19.8. The summed E-state index contributed by atoms with van der Waals surface area (Å²) in [5.41, 5.74) is 2.59. The average Bonchev–Trinajstić information content (AvgIpc) is 3.20. The minimum atomic E-state index is -1.05. The second kappa shape index (κ2) is 11.6. The lowest BCUT2D eigenvalue weighted by Gasteiger charge is -2.29. The molecule has 1 aromatic heterocycles. The molecule has 0 radical (unpaired) electrons. The lowest BCUT2D eigenvalue weighted by molar-refractivity contribution is -0.164. The summed E-state index contributed by atoms with van der Waals surface area (Å²) in [7, 11) is 3.46. The van der Waals surface area contributed by atoms with E-state index in [0.717, 1.165) is 10.6 Å². The van der Waals surface area contributed by atoms with E-state index in [4.69, 9.17) is 14.2 Å². The Bertz CT molecular complexity index is 928. The molecule has 180 valence electrons. The van der Waals surface area contributed by atoms with Crippen LogP contribution < -0.4 is 4.90 Å². The Labute approximate surface area is 198 Å². The fraction of sp³-hybridized carbons (Fsp3) is 0.478. The number of amides is 1. The highest BCUT2D eigenvalue weighted by atomic mass is 32.1. The summed E-state index contributed by atoms with van der Waals surface area (Å²) in [4.78, 5) is 44.1. The molecule has 0 saturated carbocycles. The lowest BCUT2D eigenvalue weighted by atomic mass is 10.1. The molecule has 0 aliphatic carbocycles. The summed E-state index contributed by atoms with van der Waals surface area (Å²) >= 11 is 1.41. The number of anilines is 1. The second-order valence-electron chi connectivity index (χ2n) is 8.47. The number of hydrogen-bond donors (Lipinski definition) is 0. The first-order chi connectivity index (χ1) is 15.5. The zero-order chi connectivity index (χ0) is 24.6. The molecule has 2 atom stereocenters. The van der Waals surface area contributed by atoms with Crippen LogP contribution >= 0.6 is 11.3 Å². The summed E-state index contributed by atoms with van der Waals surface area (Å²) in [6.07, 6.45) is -1.73. The monoisotopic (exact) mass is 477 g/mol. The molecule has 1 amide bonds. The molecule has 0 bridgehead atoms. The Morgan fingerprint density at radius 3 is 2.45 bits per heavy atom. The van der Waals surface area contributed by atoms with Crippen molar-refractivity contribution in [1.82, 2.24) is 9.88 Å². The molecule has 1 heterocycles. The molecule has 9 nitrogen and oxygen atoms in total. The van der Waals surface area contributed by atoms with Crippen LogP contribution in [0.15, 0.2) is 35.8 Å². The molecule has 0 aliphatic heterocycles. The number of esters is 1. The maximum Gasteiger partial charge on any atom is 0.410 e. The maximum atomic E-state index is 12.5. The van der Waals surface area contributed by atoms with E-state index in [9.17, 15) is 14.4 Å². The van der Waals surface area contributed by atoms with E-state index in [1.807, 2.05) is 42.3 Å². The number of ether oxygens (including phenoxy) is 3. The second-order valence-corrected chi connectivity index (χ2v) is 9.36. The molecule has 0 N–H and O–H groups in total. The Balaban J connectivity index is 2.12. The van der Waals surface area contributed by atoms with E-state index < -0.39 is 23.8 Å². The van der Waals surface area contributed by atoms with Crippen LogP contribution in [0, 0.1) is 0 Å². The SMILES string of the molecule is CC(OC(=O)N(C)Cc1ncsc1C(COC=O)N(C)c1ccccc1)C(=O)OC(C)(C)C. The predicted octanol–water partition coefficient (Wildman–Crippen LogP) is 3.79. The van der Waals surface area contributed by atoms with E-state index >= 15 is 0 Å². The highest BCUT2D eigenvalue weighted by Gasteiger charge is 2.28. The van der Waals surface area contributed by atoms with Gasteiger partial charge in [0.05, 0.1) is 28.7 Å². The molecular formula is C23H31N3O6S. The molecule has 2 aromatic rings. The molecule has 2 rings (SSSR count). The highest BCUT2D eigenvalue weighted by Crippen LogP contribution is 2.31. The summed E-state index contributed by atoms with van der Waals surface area (Å²) in [5, 5.41) is 0. The van der Waals surface area contributed by atoms with Gasteiger partial charge < -0.3 is 24.0 Å². The Morgan fingerprint density at radius 1 is 1.18 bits per heavy atom. The van der Waals surface area contributed by atoms with Crippen molar-refractivity contribution < 1.29 is 28.6 Å². The maximum absolute atomic E-state index is 12.5. The number of carbonyl (C=O) groups is 3. The number of para-hydroxylation sites is 1. The molecule has 1 aromatic carbocycles. The van der Waals surface area contributed by atoms with E-state index in [0.29, 0.717) is 12.2 Å². The highest BCUT2D eigenvalue weighted by molar-refractivity contribution is 7.09. The van der Waals surface area contributed by atoms with Gasteiger partial charge in [-0.05, 0) is 39.8 Å². The third-order valence-corrected chi connectivity index (χ3v) is 5.62. The van der Waals surface area contributed by atoms with Crippen molar-refractivity contribution in [3.05, 3.63) is 46.4 Å². The van der Waals surface area contributed by atoms with Crippen LogP contribution in [0.25, 0.3) is 0 Å². The molecular weight excluding hydrogens is 446 g/mol. The summed E-state index contributed by atoms with van der Waals surface area (Å²) in [6, 6.07) is 9.38. The van der Waals surface area contributed by atoms with Crippen LogP contribution in [-0.2, 0) is 30.3 Å². The predicted molar refractivity (Wildman–Crippen MR) is 125 cm³/mol. The first-order valence-electron chi connectivity index (χ1n) is 10.4. The number of thiazole rings is 1. The van der Waals surface area contributed by atoms with Gasteiger partial charge >= 0.3 is 12.1 Å². The van der Waals surface area contributed by atoms with Gasteiger partial charge in [-0.15, -0.1) is 11.3 Å². The van der Waals surface area contributed by atoms with Gasteiger partial charge in [0.1, 0.15) is 12.2 Å². The van der Waals surface area contributed by atoms with Crippen molar-refractivity contribution >= 4 is 35.6 Å². The van der Waals surface area contributed by atoms with Gasteiger partial charge in [-0.3, -0.25) is 4.79 Å². The van der Waals surface area contributed by atoms with Gasteiger partial charge in [-0.25, -0.2) is 14.6 Å². The van der Waals surface area contributed by atoms with Gasteiger partial charge in [0.15, 0.2) is 6.10 Å². The number of nitrogens with zero attached hydrogens (tertiary/aromatic N) is 3. The number of rotatable bonds is 10. The fourth-order valence-electron chi connectivity index (χ4n) is 2.97. The summed E-state index contributed by atoms with van der Waals surface area (Å²) in [6.45, 7) is 7.38. The fourth-order valence-corrected chi connectivity index (χ4v) is 3.90. The number of aromatic nitrogens is 1. The first-order valence-corrected chi connectivity index (χ1v) is 11.3. The van der Waals surface area contributed by atoms with Gasteiger partial charge in [-0.2, -0.15) is 0 Å². The Kier molecular flexibility index (Phi) is 9.22. The number of likely N-dealkylation sites (N-methyl/N-ethyl adjacent to an activating group) is 1. The van der Waals surface area contributed by atoms with E-state index in [1.54, 1.807) is 33.3 Å². The van der Waals surface area contributed by atoms with Gasteiger partial charge in [0, 0.05) is 19.8 Å². The average molecular weight is 478 g/mol. The van der Waals surface area contributed by atoms with Crippen LogP contribution in [0.4, 0.5) is 10.5 Å². The minimum absolute atomic E-state index is 0.119. The molecule has 10 heteroatoms. The van der Waals surface area contributed by atoms with E-state index in [1.165, 1.54) is 23.2 Å². The molecule has 0 spiro atoms. The van der Waals surface area contributed by atoms with E-state index in [2.05, 4.69) is 4.98 Å². The largest absolute Gasteiger partial charge is 0.465 e. The van der Waals surface area contributed by atoms with Crippen LogP contribution in [-0.4, -0.2) is 60.8 Å². The van der Waals surface area contributed by atoms with E-state index in [-0.39, 0.29) is 19.2 Å². The molecule has 2 unspecified atom stereocenters.